The van der Waals surface area contributed by atoms with E-state index >= 15 is 0 Å². The molecule has 108 valence electrons. The molecule has 1 aliphatic heterocycles. The molecule has 0 saturated carbocycles. The van der Waals surface area contributed by atoms with Crippen molar-refractivity contribution in [2.24, 2.45) is 0 Å². The summed E-state index contributed by atoms with van der Waals surface area (Å²) in [7, 11) is 0. The van der Waals surface area contributed by atoms with Crippen LogP contribution in [0.2, 0.25) is 0 Å². The van der Waals surface area contributed by atoms with E-state index < -0.39 is 0 Å². The van der Waals surface area contributed by atoms with Crippen molar-refractivity contribution in [3.05, 3.63) is 17.8 Å². The van der Waals surface area contributed by atoms with Crippen LogP contribution in [0.5, 0.6) is 0 Å². The Balaban J connectivity index is 1.55. The minimum absolute atomic E-state index is 0.399. The zero-order valence-corrected chi connectivity index (χ0v) is 12.5. The fraction of sp³-hybridized carbons (Fsp3) is 0.571. The summed E-state index contributed by atoms with van der Waals surface area (Å²) >= 11 is 1.65. The maximum absolute atomic E-state index is 5.37. The molecule has 0 radical (unpaired) electrons. The number of fused-ring (bicyclic) bond motifs is 1. The molecule has 6 heteroatoms. The van der Waals surface area contributed by atoms with Gasteiger partial charge in [0.15, 0.2) is 0 Å². The van der Waals surface area contributed by atoms with Gasteiger partial charge in [-0.05, 0) is 24.8 Å². The molecule has 3 heterocycles. The molecule has 0 bridgehead atoms. The van der Waals surface area contributed by atoms with Gasteiger partial charge in [0, 0.05) is 25.7 Å². The molecule has 0 unspecified atom stereocenters. The molecule has 0 spiro atoms. The number of rotatable bonds is 5. The molecule has 1 aliphatic rings. The van der Waals surface area contributed by atoms with Gasteiger partial charge in [0.1, 0.15) is 17.0 Å². The molecule has 0 aromatic carbocycles. The fourth-order valence-corrected chi connectivity index (χ4v) is 3.14. The Kier molecular flexibility index (Phi) is 4.44. The van der Waals surface area contributed by atoms with Crippen molar-refractivity contribution in [2.75, 3.05) is 38.2 Å². The van der Waals surface area contributed by atoms with E-state index in [-0.39, 0.29) is 0 Å². The minimum Gasteiger partial charge on any atom is -0.379 e. The molecule has 1 saturated heterocycles. The van der Waals surface area contributed by atoms with Crippen LogP contribution in [0.15, 0.2) is 17.8 Å². The lowest BCUT2D eigenvalue weighted by Gasteiger charge is -2.27. The zero-order valence-electron chi connectivity index (χ0n) is 11.7. The average Bonchev–Trinajstić information content (AvgIpc) is 2.96. The lowest BCUT2D eigenvalue weighted by molar-refractivity contribution is 0.0370. The number of hydrogen-bond donors (Lipinski definition) is 1. The first-order chi connectivity index (χ1) is 9.83. The summed E-state index contributed by atoms with van der Waals surface area (Å²) in [5.41, 5.74) is 0. The Labute approximate surface area is 123 Å². The highest BCUT2D eigenvalue weighted by Crippen LogP contribution is 2.24. The molecular weight excluding hydrogens is 272 g/mol. The molecule has 1 N–H and O–H groups in total. The van der Waals surface area contributed by atoms with Gasteiger partial charge in [-0.2, -0.15) is 0 Å². The quantitative estimate of drug-likeness (QED) is 0.915. The van der Waals surface area contributed by atoms with Gasteiger partial charge in [-0.3, -0.25) is 4.90 Å². The molecule has 1 atom stereocenters. The van der Waals surface area contributed by atoms with Crippen LogP contribution < -0.4 is 5.32 Å². The second-order valence-electron chi connectivity index (χ2n) is 5.15. The standard InChI is InChI=1S/C14H20N4OS/c1-11(2-4-18-5-7-19-8-6-18)17-13-12-3-9-20-14(12)16-10-15-13/h3,9-11H,2,4-8H2,1H3,(H,15,16,17)/t11-/m1/s1. The number of nitrogens with zero attached hydrogens (tertiary/aromatic N) is 3. The predicted octanol–water partition coefficient (Wildman–Crippen LogP) is 2.21. The maximum atomic E-state index is 5.37. The average molecular weight is 292 g/mol. The van der Waals surface area contributed by atoms with Gasteiger partial charge < -0.3 is 10.1 Å². The number of hydrogen-bond acceptors (Lipinski definition) is 6. The normalized spacial score (nSPS) is 18.2. The van der Waals surface area contributed by atoms with Gasteiger partial charge in [-0.1, -0.05) is 0 Å². The first kappa shape index (κ1) is 13.7. The van der Waals surface area contributed by atoms with Crippen molar-refractivity contribution in [3.63, 3.8) is 0 Å². The maximum Gasteiger partial charge on any atom is 0.138 e. The van der Waals surface area contributed by atoms with E-state index in [4.69, 9.17) is 4.74 Å². The van der Waals surface area contributed by atoms with E-state index in [0.717, 1.165) is 55.3 Å². The van der Waals surface area contributed by atoms with Crippen LogP contribution in [0.4, 0.5) is 5.82 Å². The third-order valence-corrected chi connectivity index (χ3v) is 4.45. The van der Waals surface area contributed by atoms with E-state index in [1.54, 1.807) is 17.7 Å². The monoisotopic (exact) mass is 292 g/mol. The zero-order chi connectivity index (χ0) is 13.8. The molecule has 5 nitrogen and oxygen atoms in total. The van der Waals surface area contributed by atoms with Crippen LogP contribution in [0, 0.1) is 0 Å². The van der Waals surface area contributed by atoms with Gasteiger partial charge in [0.2, 0.25) is 0 Å². The Morgan fingerprint density at radius 1 is 1.40 bits per heavy atom. The van der Waals surface area contributed by atoms with Crippen LogP contribution in [-0.2, 0) is 4.74 Å². The third-order valence-electron chi connectivity index (χ3n) is 3.63. The molecule has 2 aromatic rings. The number of aromatic nitrogens is 2. The van der Waals surface area contributed by atoms with E-state index in [2.05, 4.69) is 38.6 Å². The summed E-state index contributed by atoms with van der Waals surface area (Å²) in [6.45, 7) is 7.15. The Morgan fingerprint density at radius 2 is 2.25 bits per heavy atom. The Hall–Kier alpha value is -1.24. The van der Waals surface area contributed by atoms with Gasteiger partial charge in [0.25, 0.3) is 0 Å². The number of ether oxygens (including phenoxy) is 1. The number of nitrogens with one attached hydrogen (secondary N) is 1. The van der Waals surface area contributed by atoms with Gasteiger partial charge in [0.05, 0.1) is 18.6 Å². The smallest absolute Gasteiger partial charge is 0.138 e. The fourth-order valence-electron chi connectivity index (χ4n) is 2.41. The number of morpholine rings is 1. The summed E-state index contributed by atoms with van der Waals surface area (Å²) < 4.78 is 5.37. The molecule has 1 fully saturated rings. The molecule has 0 aliphatic carbocycles. The van der Waals surface area contributed by atoms with Crippen molar-refractivity contribution >= 4 is 27.4 Å². The summed E-state index contributed by atoms with van der Waals surface area (Å²) in [6, 6.07) is 2.48. The highest BCUT2D eigenvalue weighted by atomic mass is 32.1. The van der Waals surface area contributed by atoms with Crippen molar-refractivity contribution in [1.29, 1.82) is 0 Å². The van der Waals surface area contributed by atoms with Crippen LogP contribution >= 0.6 is 11.3 Å². The van der Waals surface area contributed by atoms with Crippen molar-refractivity contribution in [3.8, 4) is 0 Å². The van der Waals surface area contributed by atoms with E-state index in [1.165, 1.54) is 0 Å². The van der Waals surface area contributed by atoms with Crippen molar-refractivity contribution in [2.45, 2.75) is 19.4 Å². The second-order valence-corrected chi connectivity index (χ2v) is 6.04. The van der Waals surface area contributed by atoms with Crippen LogP contribution in [-0.4, -0.2) is 53.8 Å². The topological polar surface area (TPSA) is 50.3 Å². The van der Waals surface area contributed by atoms with E-state index in [0.29, 0.717) is 6.04 Å². The molecule has 3 rings (SSSR count). The van der Waals surface area contributed by atoms with E-state index in [1.807, 2.05) is 0 Å². The van der Waals surface area contributed by atoms with Gasteiger partial charge >= 0.3 is 0 Å². The Morgan fingerprint density at radius 3 is 3.10 bits per heavy atom. The molecular formula is C14H20N4OS. The summed E-state index contributed by atoms with van der Waals surface area (Å²) in [5, 5.41) is 6.69. The highest BCUT2D eigenvalue weighted by molar-refractivity contribution is 7.16. The SMILES string of the molecule is C[C@H](CCN1CCOCC1)Nc1ncnc2sccc12. The van der Waals surface area contributed by atoms with Crippen LogP contribution in [0.1, 0.15) is 13.3 Å². The second kappa shape index (κ2) is 6.47. The van der Waals surface area contributed by atoms with Crippen molar-refractivity contribution < 1.29 is 4.74 Å². The lowest BCUT2D eigenvalue weighted by atomic mass is 10.2. The largest absolute Gasteiger partial charge is 0.379 e. The third kappa shape index (κ3) is 3.26. The number of thiophene rings is 1. The van der Waals surface area contributed by atoms with Crippen LogP contribution in [0.25, 0.3) is 10.2 Å². The summed E-state index contributed by atoms with van der Waals surface area (Å²) in [5.74, 6) is 0.950. The highest BCUT2D eigenvalue weighted by Gasteiger charge is 2.13. The van der Waals surface area contributed by atoms with Gasteiger partial charge in [-0.25, -0.2) is 9.97 Å². The summed E-state index contributed by atoms with van der Waals surface area (Å²) in [4.78, 5) is 12.1. The first-order valence-corrected chi connectivity index (χ1v) is 7.96. The molecule has 0 amide bonds. The first-order valence-electron chi connectivity index (χ1n) is 7.08. The number of anilines is 1. The van der Waals surface area contributed by atoms with E-state index in [9.17, 15) is 0 Å². The lowest BCUT2D eigenvalue weighted by Crippen LogP contribution is -2.38. The van der Waals surface area contributed by atoms with Gasteiger partial charge in [-0.15, -0.1) is 11.3 Å². The predicted molar refractivity (Wildman–Crippen MR) is 82.4 cm³/mol. The summed E-state index contributed by atoms with van der Waals surface area (Å²) in [6.07, 6.45) is 2.74. The Bertz CT molecular complexity index is 553. The van der Waals surface area contributed by atoms with Crippen molar-refractivity contribution in [1.82, 2.24) is 14.9 Å². The molecule has 2 aromatic heterocycles. The molecule has 20 heavy (non-hydrogen) atoms. The minimum atomic E-state index is 0.399. The van der Waals surface area contributed by atoms with Crippen LogP contribution in [0.3, 0.4) is 0 Å².